The van der Waals surface area contributed by atoms with Gasteiger partial charge in [0, 0.05) is 30.9 Å². The molecule has 0 bridgehead atoms. The Morgan fingerprint density at radius 1 is 1.17 bits per heavy atom. The van der Waals surface area contributed by atoms with Crippen LogP contribution in [-0.2, 0) is 13.0 Å². The predicted molar refractivity (Wildman–Crippen MR) is 68.8 cm³/mol. The monoisotopic (exact) mass is 242 g/mol. The number of carbonyl (C=O) groups excluding carboxylic acids is 1. The minimum Gasteiger partial charge on any atom is -0.384 e. The topological polar surface area (TPSA) is 94.9 Å². The third-order valence-electron chi connectivity index (χ3n) is 2.56. The van der Waals surface area contributed by atoms with Crippen LogP contribution in [0.5, 0.6) is 0 Å². The van der Waals surface area contributed by atoms with Crippen molar-refractivity contribution in [3.8, 4) is 0 Å². The van der Waals surface area contributed by atoms with Crippen molar-refractivity contribution in [1.82, 2.24) is 9.97 Å². The standard InChI is InChI=1S/C13H14N4O/c14-8-11-7-10(2-4-16-11)12(18)5-9-1-3-17-13(15)6-9/h1-4,6-7H,5,8,14H2,(H2,15,17). The van der Waals surface area contributed by atoms with Gasteiger partial charge in [-0.3, -0.25) is 9.78 Å². The third-order valence-corrected chi connectivity index (χ3v) is 2.56. The molecule has 0 amide bonds. The highest BCUT2D eigenvalue weighted by Gasteiger charge is 2.08. The van der Waals surface area contributed by atoms with Gasteiger partial charge in [0.05, 0.1) is 5.69 Å². The molecule has 0 aliphatic heterocycles. The van der Waals surface area contributed by atoms with Crippen molar-refractivity contribution in [2.45, 2.75) is 13.0 Å². The molecule has 2 aromatic rings. The molecule has 4 N–H and O–H groups in total. The minimum atomic E-state index is 0.0118. The van der Waals surface area contributed by atoms with Crippen molar-refractivity contribution >= 4 is 11.6 Å². The first-order chi connectivity index (χ1) is 8.69. The third kappa shape index (κ3) is 2.89. The van der Waals surface area contributed by atoms with Crippen molar-refractivity contribution in [3.05, 3.63) is 53.5 Å². The number of hydrogen-bond acceptors (Lipinski definition) is 5. The van der Waals surface area contributed by atoms with E-state index in [0.29, 0.717) is 30.0 Å². The Morgan fingerprint density at radius 2 is 1.94 bits per heavy atom. The maximum Gasteiger partial charge on any atom is 0.167 e. The van der Waals surface area contributed by atoms with Gasteiger partial charge in [-0.2, -0.15) is 0 Å². The van der Waals surface area contributed by atoms with Gasteiger partial charge in [-0.15, -0.1) is 0 Å². The molecule has 0 atom stereocenters. The van der Waals surface area contributed by atoms with Crippen LogP contribution in [0.4, 0.5) is 5.82 Å². The Bertz CT molecular complexity index is 568. The van der Waals surface area contributed by atoms with Gasteiger partial charge in [0.2, 0.25) is 0 Å². The molecule has 92 valence electrons. The van der Waals surface area contributed by atoms with Gasteiger partial charge in [-0.25, -0.2) is 4.98 Å². The number of rotatable bonds is 4. The lowest BCUT2D eigenvalue weighted by molar-refractivity contribution is 0.0993. The average Bonchev–Trinajstić information content (AvgIpc) is 2.39. The predicted octanol–water partition coefficient (Wildman–Crippen LogP) is 0.943. The van der Waals surface area contributed by atoms with Crippen LogP contribution in [0.1, 0.15) is 21.6 Å². The normalized spacial score (nSPS) is 10.3. The molecule has 0 fully saturated rings. The zero-order valence-electron chi connectivity index (χ0n) is 9.84. The SMILES string of the molecule is NCc1cc(C(=O)Cc2ccnc(N)c2)ccn1. The van der Waals surface area contributed by atoms with E-state index in [0.717, 1.165) is 5.56 Å². The molecule has 2 rings (SSSR count). The zero-order valence-corrected chi connectivity index (χ0v) is 9.84. The summed E-state index contributed by atoms with van der Waals surface area (Å²) >= 11 is 0. The molecule has 5 nitrogen and oxygen atoms in total. The van der Waals surface area contributed by atoms with Gasteiger partial charge in [0.25, 0.3) is 0 Å². The van der Waals surface area contributed by atoms with E-state index >= 15 is 0 Å². The number of nitrogen functional groups attached to an aromatic ring is 1. The second-order valence-corrected chi connectivity index (χ2v) is 3.93. The fraction of sp³-hybridized carbons (Fsp3) is 0.154. The molecule has 0 saturated carbocycles. The number of pyridine rings is 2. The van der Waals surface area contributed by atoms with E-state index in [2.05, 4.69) is 9.97 Å². The molecule has 0 aliphatic rings. The van der Waals surface area contributed by atoms with Gasteiger partial charge >= 0.3 is 0 Å². The van der Waals surface area contributed by atoms with Crippen molar-refractivity contribution in [3.63, 3.8) is 0 Å². The van der Waals surface area contributed by atoms with E-state index < -0.39 is 0 Å². The number of nitrogens with zero attached hydrogens (tertiary/aromatic N) is 2. The second-order valence-electron chi connectivity index (χ2n) is 3.93. The lowest BCUT2D eigenvalue weighted by Gasteiger charge is -2.03. The number of anilines is 1. The van der Waals surface area contributed by atoms with Crippen molar-refractivity contribution < 1.29 is 4.79 Å². The number of nitrogens with two attached hydrogens (primary N) is 2. The quantitative estimate of drug-likeness (QED) is 0.778. The van der Waals surface area contributed by atoms with Crippen LogP contribution in [0.15, 0.2) is 36.7 Å². The lowest BCUT2D eigenvalue weighted by atomic mass is 10.0. The molecule has 18 heavy (non-hydrogen) atoms. The smallest absolute Gasteiger partial charge is 0.167 e. The fourth-order valence-electron chi connectivity index (χ4n) is 1.66. The highest BCUT2D eigenvalue weighted by molar-refractivity contribution is 5.97. The Balaban J connectivity index is 2.16. The molecular formula is C13H14N4O. The van der Waals surface area contributed by atoms with Crippen LogP contribution in [0.25, 0.3) is 0 Å². The second kappa shape index (κ2) is 5.37. The molecule has 0 unspecified atom stereocenters. The van der Waals surface area contributed by atoms with E-state index in [-0.39, 0.29) is 5.78 Å². The van der Waals surface area contributed by atoms with Gasteiger partial charge in [0.15, 0.2) is 5.78 Å². The van der Waals surface area contributed by atoms with Crippen LogP contribution < -0.4 is 11.5 Å². The number of ketones is 1. The summed E-state index contributed by atoms with van der Waals surface area (Å²) in [5.74, 6) is 0.426. The Hall–Kier alpha value is -2.27. The summed E-state index contributed by atoms with van der Waals surface area (Å²) < 4.78 is 0. The van der Waals surface area contributed by atoms with E-state index in [1.807, 2.05) is 0 Å². The first-order valence-electron chi connectivity index (χ1n) is 5.57. The molecule has 2 heterocycles. The molecule has 0 aliphatic carbocycles. The van der Waals surface area contributed by atoms with Crippen molar-refractivity contribution in [1.29, 1.82) is 0 Å². The highest BCUT2D eigenvalue weighted by Crippen LogP contribution is 2.09. The van der Waals surface area contributed by atoms with Crippen molar-refractivity contribution in [2.24, 2.45) is 5.73 Å². The first-order valence-corrected chi connectivity index (χ1v) is 5.57. The Morgan fingerprint density at radius 3 is 2.67 bits per heavy atom. The fourth-order valence-corrected chi connectivity index (χ4v) is 1.66. The zero-order chi connectivity index (χ0) is 13.0. The van der Waals surface area contributed by atoms with E-state index in [4.69, 9.17) is 11.5 Å². The summed E-state index contributed by atoms with van der Waals surface area (Å²) in [5, 5.41) is 0. The number of carbonyl (C=O) groups is 1. The largest absolute Gasteiger partial charge is 0.384 e. The lowest BCUT2D eigenvalue weighted by Crippen LogP contribution is -2.07. The maximum atomic E-state index is 12.1. The van der Waals surface area contributed by atoms with Crippen LogP contribution in [0.2, 0.25) is 0 Å². The van der Waals surface area contributed by atoms with E-state index in [1.54, 1.807) is 36.7 Å². The van der Waals surface area contributed by atoms with E-state index in [1.165, 1.54) is 0 Å². The van der Waals surface area contributed by atoms with Crippen LogP contribution in [0.3, 0.4) is 0 Å². The summed E-state index contributed by atoms with van der Waals surface area (Å²) in [6.45, 7) is 0.323. The van der Waals surface area contributed by atoms with Crippen molar-refractivity contribution in [2.75, 3.05) is 5.73 Å². The van der Waals surface area contributed by atoms with Gasteiger partial charge in [0.1, 0.15) is 5.82 Å². The number of hydrogen-bond donors (Lipinski definition) is 2. The average molecular weight is 242 g/mol. The molecule has 0 radical (unpaired) electrons. The van der Waals surface area contributed by atoms with Gasteiger partial charge < -0.3 is 11.5 Å². The summed E-state index contributed by atoms with van der Waals surface area (Å²) in [5.41, 5.74) is 13.2. The minimum absolute atomic E-state index is 0.0118. The first kappa shape index (κ1) is 12.2. The molecule has 0 spiro atoms. The van der Waals surface area contributed by atoms with E-state index in [9.17, 15) is 4.79 Å². The van der Waals surface area contributed by atoms with Crippen LogP contribution in [-0.4, -0.2) is 15.8 Å². The Labute approximate surface area is 105 Å². The molecule has 0 aromatic carbocycles. The number of Topliss-reactive ketones (excluding diaryl/α,β-unsaturated/α-hetero) is 1. The summed E-state index contributed by atoms with van der Waals surface area (Å²) in [6.07, 6.45) is 3.48. The number of aromatic nitrogens is 2. The Kier molecular flexibility index (Phi) is 3.64. The van der Waals surface area contributed by atoms with Gasteiger partial charge in [-0.1, -0.05) is 0 Å². The summed E-state index contributed by atoms with van der Waals surface area (Å²) in [7, 11) is 0. The maximum absolute atomic E-state index is 12.1. The molecular weight excluding hydrogens is 228 g/mol. The molecule has 5 heteroatoms. The molecule has 2 aromatic heterocycles. The van der Waals surface area contributed by atoms with Crippen LogP contribution in [0, 0.1) is 0 Å². The molecule has 0 saturated heterocycles. The summed E-state index contributed by atoms with van der Waals surface area (Å²) in [4.78, 5) is 20.0. The highest BCUT2D eigenvalue weighted by atomic mass is 16.1. The van der Waals surface area contributed by atoms with Crippen LogP contribution >= 0.6 is 0 Å². The summed E-state index contributed by atoms with van der Waals surface area (Å²) in [6, 6.07) is 6.88. The van der Waals surface area contributed by atoms with Gasteiger partial charge in [-0.05, 0) is 29.8 Å².